The van der Waals surface area contributed by atoms with Gasteiger partial charge in [0.1, 0.15) is 0 Å². The van der Waals surface area contributed by atoms with Crippen LogP contribution in [0.5, 0.6) is 0 Å². The summed E-state index contributed by atoms with van der Waals surface area (Å²) in [7, 11) is 0. The fourth-order valence-electron chi connectivity index (χ4n) is 2.05. The molecule has 0 unspecified atom stereocenters. The quantitative estimate of drug-likeness (QED) is 0.632. The van der Waals surface area contributed by atoms with E-state index in [0.29, 0.717) is 0 Å². The first-order valence-corrected chi connectivity index (χ1v) is 4.67. The van der Waals surface area contributed by atoms with Crippen LogP contribution in [0.15, 0.2) is 12.6 Å². The number of hydrogen-bond donors (Lipinski definition) is 0. The second-order valence-electron chi connectivity index (χ2n) is 3.42. The van der Waals surface area contributed by atoms with Gasteiger partial charge in [-0.25, -0.2) is 0 Å². The molecule has 1 aliphatic rings. The van der Waals surface area contributed by atoms with E-state index in [1.165, 1.54) is 24.1 Å². The monoisotopic (exact) mass is 175 g/mol. The first-order chi connectivity index (χ1) is 6.36. The number of nitrogens with zero attached hydrogens (tertiary/aromatic N) is 1. The van der Waals surface area contributed by atoms with Gasteiger partial charge in [0.25, 0.3) is 0 Å². The third-order valence-corrected chi connectivity index (χ3v) is 2.67. The Labute approximate surface area is 77.9 Å². The van der Waals surface area contributed by atoms with Crippen molar-refractivity contribution in [2.75, 3.05) is 0 Å². The summed E-state index contributed by atoms with van der Waals surface area (Å²) in [6, 6.07) is 1.99. The molecule has 1 aromatic rings. The van der Waals surface area contributed by atoms with Crippen LogP contribution >= 0.6 is 0 Å². The van der Waals surface area contributed by atoms with E-state index < -0.39 is 0 Å². The molecular formula is C11H13NO. The molecule has 0 radical (unpaired) electrons. The average molecular weight is 175 g/mol. The molecule has 0 saturated heterocycles. The van der Waals surface area contributed by atoms with Gasteiger partial charge in [0, 0.05) is 11.9 Å². The lowest BCUT2D eigenvalue weighted by atomic mass is 9.98. The van der Waals surface area contributed by atoms with Crippen molar-refractivity contribution in [2.45, 2.75) is 25.7 Å². The van der Waals surface area contributed by atoms with Crippen LogP contribution in [0.25, 0.3) is 6.20 Å². The topological polar surface area (TPSA) is 22.0 Å². The first-order valence-electron chi connectivity index (χ1n) is 4.67. The maximum atomic E-state index is 10.7. The van der Waals surface area contributed by atoms with E-state index in [-0.39, 0.29) is 0 Å². The van der Waals surface area contributed by atoms with E-state index >= 15 is 0 Å². The summed E-state index contributed by atoms with van der Waals surface area (Å²) < 4.78 is 1.92. The van der Waals surface area contributed by atoms with Gasteiger partial charge in [-0.3, -0.25) is 4.79 Å². The molecule has 0 aliphatic heterocycles. The predicted octanol–water partition coefficient (Wildman–Crippen LogP) is 2.28. The number of aldehydes is 1. The molecule has 0 bridgehead atoms. The van der Waals surface area contributed by atoms with Crippen molar-refractivity contribution in [3.05, 3.63) is 29.6 Å². The lowest BCUT2D eigenvalue weighted by molar-refractivity contribution is 0.111. The Bertz CT molecular complexity index is 349. The van der Waals surface area contributed by atoms with Crippen molar-refractivity contribution < 1.29 is 4.79 Å². The summed E-state index contributed by atoms with van der Waals surface area (Å²) in [5.74, 6) is 0. The van der Waals surface area contributed by atoms with Gasteiger partial charge < -0.3 is 4.57 Å². The van der Waals surface area contributed by atoms with E-state index in [0.717, 1.165) is 24.8 Å². The normalized spacial score (nSPS) is 15.1. The molecule has 0 atom stereocenters. The van der Waals surface area contributed by atoms with Crippen LogP contribution < -0.4 is 0 Å². The minimum absolute atomic E-state index is 0.738. The van der Waals surface area contributed by atoms with Crippen LogP contribution in [0.2, 0.25) is 0 Å². The number of rotatable bonds is 2. The largest absolute Gasteiger partial charge is 0.318 e. The smallest absolute Gasteiger partial charge is 0.166 e. The van der Waals surface area contributed by atoms with Crippen molar-refractivity contribution >= 4 is 12.5 Å². The highest BCUT2D eigenvalue weighted by molar-refractivity contribution is 5.75. The van der Waals surface area contributed by atoms with Crippen LogP contribution in [-0.2, 0) is 12.8 Å². The van der Waals surface area contributed by atoms with Gasteiger partial charge in [0.2, 0.25) is 0 Å². The highest BCUT2D eigenvalue weighted by Gasteiger charge is 2.15. The van der Waals surface area contributed by atoms with Crippen molar-refractivity contribution in [1.82, 2.24) is 4.57 Å². The molecule has 1 aliphatic carbocycles. The molecule has 0 saturated carbocycles. The predicted molar refractivity (Wildman–Crippen MR) is 52.8 cm³/mol. The molecule has 0 N–H and O–H groups in total. The Balaban J connectivity index is 2.56. The van der Waals surface area contributed by atoms with Gasteiger partial charge >= 0.3 is 0 Å². The van der Waals surface area contributed by atoms with Gasteiger partial charge in [-0.1, -0.05) is 6.58 Å². The Hall–Kier alpha value is -1.31. The molecular weight excluding hydrogens is 162 g/mol. The third kappa shape index (κ3) is 1.22. The second-order valence-corrected chi connectivity index (χ2v) is 3.42. The molecule has 0 spiro atoms. The van der Waals surface area contributed by atoms with E-state index in [1.54, 1.807) is 6.20 Å². The maximum absolute atomic E-state index is 10.7. The van der Waals surface area contributed by atoms with Crippen molar-refractivity contribution in [3.8, 4) is 0 Å². The molecule has 1 aromatic heterocycles. The van der Waals surface area contributed by atoms with Crippen LogP contribution in [0.3, 0.4) is 0 Å². The van der Waals surface area contributed by atoms with Gasteiger partial charge in [0.05, 0.1) is 5.69 Å². The number of fused-ring (bicyclic) bond motifs is 1. The summed E-state index contributed by atoms with van der Waals surface area (Å²) in [6.45, 7) is 3.72. The molecule has 0 aromatic carbocycles. The Morgan fingerprint density at radius 2 is 2.15 bits per heavy atom. The molecule has 2 nitrogen and oxygen atoms in total. The average Bonchev–Trinajstić information content (AvgIpc) is 2.55. The molecule has 2 rings (SSSR count). The Morgan fingerprint density at radius 3 is 2.85 bits per heavy atom. The summed E-state index contributed by atoms with van der Waals surface area (Å²) in [5, 5.41) is 0. The number of aryl methyl sites for hydroxylation is 1. The van der Waals surface area contributed by atoms with E-state index in [4.69, 9.17) is 0 Å². The molecule has 0 fully saturated rings. The minimum Gasteiger partial charge on any atom is -0.318 e. The number of carbonyl (C=O) groups is 1. The standard InChI is InChI=1S/C11H13NO/c1-2-12-10(8-13)7-9-5-3-4-6-11(9)12/h2,7-8H,1,3-6H2. The third-order valence-electron chi connectivity index (χ3n) is 2.67. The SMILES string of the molecule is C=Cn1c(C=O)cc2c1CCCC2. The Kier molecular flexibility index (Phi) is 2.05. The van der Waals surface area contributed by atoms with Crippen LogP contribution in [-0.4, -0.2) is 10.9 Å². The highest BCUT2D eigenvalue weighted by Crippen LogP contribution is 2.24. The number of aromatic nitrogens is 1. The molecule has 1 heterocycles. The zero-order valence-corrected chi connectivity index (χ0v) is 7.62. The van der Waals surface area contributed by atoms with E-state index in [1.807, 2.05) is 10.6 Å². The van der Waals surface area contributed by atoms with Gasteiger partial charge in [-0.05, 0) is 37.3 Å². The maximum Gasteiger partial charge on any atom is 0.166 e. The van der Waals surface area contributed by atoms with Crippen molar-refractivity contribution in [3.63, 3.8) is 0 Å². The zero-order valence-electron chi connectivity index (χ0n) is 7.62. The fourth-order valence-corrected chi connectivity index (χ4v) is 2.05. The number of carbonyl (C=O) groups excluding carboxylic acids is 1. The summed E-state index contributed by atoms with van der Waals surface area (Å²) >= 11 is 0. The Morgan fingerprint density at radius 1 is 1.38 bits per heavy atom. The summed E-state index contributed by atoms with van der Waals surface area (Å²) in [5.41, 5.74) is 3.35. The van der Waals surface area contributed by atoms with Gasteiger partial charge in [0.15, 0.2) is 6.29 Å². The van der Waals surface area contributed by atoms with Crippen LogP contribution in [0.4, 0.5) is 0 Å². The van der Waals surface area contributed by atoms with E-state index in [2.05, 4.69) is 6.58 Å². The molecule has 2 heteroatoms. The van der Waals surface area contributed by atoms with Crippen LogP contribution in [0, 0.1) is 0 Å². The van der Waals surface area contributed by atoms with Crippen molar-refractivity contribution in [2.24, 2.45) is 0 Å². The van der Waals surface area contributed by atoms with Gasteiger partial charge in [-0.2, -0.15) is 0 Å². The van der Waals surface area contributed by atoms with Gasteiger partial charge in [-0.15, -0.1) is 0 Å². The molecule has 68 valence electrons. The second kappa shape index (κ2) is 3.21. The zero-order chi connectivity index (χ0) is 9.26. The highest BCUT2D eigenvalue weighted by atomic mass is 16.1. The lowest BCUT2D eigenvalue weighted by Crippen LogP contribution is -2.05. The molecule has 13 heavy (non-hydrogen) atoms. The lowest BCUT2D eigenvalue weighted by Gasteiger charge is -2.13. The van der Waals surface area contributed by atoms with Crippen LogP contribution in [0.1, 0.15) is 34.6 Å². The van der Waals surface area contributed by atoms with E-state index in [9.17, 15) is 4.79 Å². The van der Waals surface area contributed by atoms with Crippen molar-refractivity contribution in [1.29, 1.82) is 0 Å². The first kappa shape index (κ1) is 8.30. The molecule has 0 amide bonds. The fraction of sp³-hybridized carbons (Fsp3) is 0.364. The number of hydrogen-bond acceptors (Lipinski definition) is 1. The summed E-state index contributed by atoms with van der Waals surface area (Å²) in [6.07, 6.45) is 7.29. The summed E-state index contributed by atoms with van der Waals surface area (Å²) in [4.78, 5) is 10.7. The minimum atomic E-state index is 0.738.